The number of hydrogen-bond donors (Lipinski definition) is 2. The van der Waals surface area contributed by atoms with E-state index >= 15 is 0 Å². The molecule has 11 heavy (non-hydrogen) atoms. The average molecular weight is 160 g/mol. The van der Waals surface area contributed by atoms with Crippen molar-refractivity contribution in [2.45, 2.75) is 18.3 Å². The Kier molecular flexibility index (Phi) is 2.87. The van der Waals surface area contributed by atoms with Crippen LogP contribution in [-0.2, 0) is 9.47 Å². The number of hydrogen-bond acceptors (Lipinski definition) is 4. The van der Waals surface area contributed by atoms with Gasteiger partial charge < -0.3 is 19.7 Å². The van der Waals surface area contributed by atoms with Gasteiger partial charge in [-0.3, -0.25) is 0 Å². The molecule has 4 heteroatoms. The van der Waals surface area contributed by atoms with Crippen molar-refractivity contribution in [3.8, 4) is 0 Å². The van der Waals surface area contributed by atoms with Gasteiger partial charge in [0, 0.05) is 7.11 Å². The van der Waals surface area contributed by atoms with Crippen molar-refractivity contribution in [3.05, 3.63) is 12.3 Å². The van der Waals surface area contributed by atoms with E-state index in [1.807, 2.05) is 0 Å². The SMILES string of the molecule is CO[C@@H]1[C@H](O)C=CO[C@@H]1CO. The Morgan fingerprint density at radius 1 is 1.64 bits per heavy atom. The minimum absolute atomic E-state index is 0.153. The van der Waals surface area contributed by atoms with Crippen LogP contribution in [0.1, 0.15) is 0 Å². The number of rotatable bonds is 2. The largest absolute Gasteiger partial charge is 0.493 e. The molecule has 0 spiro atoms. The predicted octanol–water partition coefficient (Wildman–Crippen LogP) is -0.733. The van der Waals surface area contributed by atoms with Crippen LogP contribution in [0.2, 0.25) is 0 Å². The number of aliphatic hydroxyl groups is 2. The summed E-state index contributed by atoms with van der Waals surface area (Å²) in [6, 6.07) is 0. The van der Waals surface area contributed by atoms with E-state index in [2.05, 4.69) is 0 Å². The van der Waals surface area contributed by atoms with Gasteiger partial charge in [-0.1, -0.05) is 0 Å². The summed E-state index contributed by atoms with van der Waals surface area (Å²) in [6.07, 6.45) is 1.25. The number of aliphatic hydroxyl groups excluding tert-OH is 2. The van der Waals surface area contributed by atoms with Crippen LogP contribution in [0, 0.1) is 0 Å². The highest BCUT2D eigenvalue weighted by atomic mass is 16.5. The first-order valence-corrected chi connectivity index (χ1v) is 3.43. The quantitative estimate of drug-likeness (QED) is 0.559. The van der Waals surface area contributed by atoms with Crippen molar-refractivity contribution in [2.24, 2.45) is 0 Å². The molecule has 0 radical (unpaired) electrons. The van der Waals surface area contributed by atoms with Crippen LogP contribution in [-0.4, -0.2) is 42.2 Å². The maximum Gasteiger partial charge on any atom is 0.150 e. The molecular formula is C7H12O4. The van der Waals surface area contributed by atoms with Gasteiger partial charge in [0.2, 0.25) is 0 Å². The normalized spacial score (nSPS) is 36.8. The highest BCUT2D eigenvalue weighted by molar-refractivity contribution is 4.97. The summed E-state index contributed by atoms with van der Waals surface area (Å²) < 4.78 is 9.91. The molecule has 3 atom stereocenters. The topological polar surface area (TPSA) is 58.9 Å². The first-order chi connectivity index (χ1) is 5.29. The van der Waals surface area contributed by atoms with Crippen molar-refractivity contribution in [3.63, 3.8) is 0 Å². The Labute approximate surface area is 65.0 Å². The molecule has 0 fully saturated rings. The van der Waals surface area contributed by atoms with Gasteiger partial charge in [0.25, 0.3) is 0 Å². The summed E-state index contributed by atoms with van der Waals surface area (Å²) in [4.78, 5) is 0. The van der Waals surface area contributed by atoms with Crippen LogP contribution in [0.5, 0.6) is 0 Å². The lowest BCUT2D eigenvalue weighted by atomic mass is 10.1. The predicted molar refractivity (Wildman–Crippen MR) is 37.9 cm³/mol. The zero-order chi connectivity index (χ0) is 8.27. The lowest BCUT2D eigenvalue weighted by molar-refractivity contribution is -0.0991. The molecule has 1 heterocycles. The van der Waals surface area contributed by atoms with Gasteiger partial charge in [-0.2, -0.15) is 0 Å². The van der Waals surface area contributed by atoms with Crippen LogP contribution in [0.4, 0.5) is 0 Å². The zero-order valence-corrected chi connectivity index (χ0v) is 6.30. The second kappa shape index (κ2) is 3.71. The molecule has 0 aromatic heterocycles. The van der Waals surface area contributed by atoms with Crippen molar-refractivity contribution in [1.29, 1.82) is 0 Å². The molecule has 0 unspecified atom stereocenters. The van der Waals surface area contributed by atoms with Gasteiger partial charge in [-0.05, 0) is 6.08 Å². The van der Waals surface area contributed by atoms with Crippen LogP contribution >= 0.6 is 0 Å². The van der Waals surface area contributed by atoms with E-state index in [0.717, 1.165) is 0 Å². The molecule has 2 N–H and O–H groups in total. The van der Waals surface area contributed by atoms with Crippen LogP contribution < -0.4 is 0 Å². The average Bonchev–Trinajstić information content (AvgIpc) is 2.04. The molecule has 1 rings (SSSR count). The highest BCUT2D eigenvalue weighted by Crippen LogP contribution is 2.14. The molecule has 0 amide bonds. The molecular weight excluding hydrogens is 148 g/mol. The first-order valence-electron chi connectivity index (χ1n) is 3.43. The standard InChI is InChI=1S/C7H12O4/c1-10-7-5(9)2-3-11-6(7)4-8/h2-3,5-9H,4H2,1H3/t5-,6-,7-/m1/s1. The van der Waals surface area contributed by atoms with E-state index < -0.39 is 18.3 Å². The molecule has 0 saturated heterocycles. The molecule has 1 aliphatic rings. The number of methoxy groups -OCH3 is 1. The summed E-state index contributed by atoms with van der Waals surface area (Å²) in [5, 5.41) is 18.0. The highest BCUT2D eigenvalue weighted by Gasteiger charge is 2.30. The molecule has 0 bridgehead atoms. The van der Waals surface area contributed by atoms with Gasteiger partial charge in [0.1, 0.15) is 18.3 Å². The third kappa shape index (κ3) is 1.71. The summed E-state index contributed by atoms with van der Waals surface area (Å²) in [5.74, 6) is 0. The summed E-state index contributed by atoms with van der Waals surface area (Å²) in [5.41, 5.74) is 0. The summed E-state index contributed by atoms with van der Waals surface area (Å²) in [6.45, 7) is -0.153. The monoisotopic (exact) mass is 160 g/mol. The van der Waals surface area contributed by atoms with Crippen molar-refractivity contribution in [2.75, 3.05) is 13.7 Å². The molecule has 0 aromatic rings. The van der Waals surface area contributed by atoms with Crippen molar-refractivity contribution in [1.82, 2.24) is 0 Å². The van der Waals surface area contributed by atoms with Crippen LogP contribution in [0.15, 0.2) is 12.3 Å². The Morgan fingerprint density at radius 2 is 2.36 bits per heavy atom. The van der Waals surface area contributed by atoms with Crippen molar-refractivity contribution < 1.29 is 19.7 Å². The Balaban J connectivity index is 2.60. The maximum absolute atomic E-state index is 9.27. The van der Waals surface area contributed by atoms with E-state index in [1.165, 1.54) is 19.4 Å². The third-order valence-corrected chi connectivity index (χ3v) is 1.68. The maximum atomic E-state index is 9.27. The van der Waals surface area contributed by atoms with Crippen LogP contribution in [0.3, 0.4) is 0 Å². The smallest absolute Gasteiger partial charge is 0.150 e. The van der Waals surface area contributed by atoms with Gasteiger partial charge in [-0.25, -0.2) is 0 Å². The number of ether oxygens (including phenoxy) is 2. The van der Waals surface area contributed by atoms with Crippen molar-refractivity contribution >= 4 is 0 Å². The molecule has 64 valence electrons. The van der Waals surface area contributed by atoms with Gasteiger partial charge in [0.05, 0.1) is 12.9 Å². The molecule has 0 aliphatic carbocycles. The van der Waals surface area contributed by atoms with Gasteiger partial charge in [-0.15, -0.1) is 0 Å². The van der Waals surface area contributed by atoms with E-state index in [1.54, 1.807) is 0 Å². The second-order valence-electron chi connectivity index (χ2n) is 2.38. The van der Waals surface area contributed by atoms with Gasteiger partial charge >= 0.3 is 0 Å². The fourth-order valence-electron chi connectivity index (χ4n) is 1.07. The lowest BCUT2D eigenvalue weighted by Crippen LogP contribution is -2.43. The summed E-state index contributed by atoms with van der Waals surface area (Å²) in [7, 11) is 1.47. The fourth-order valence-corrected chi connectivity index (χ4v) is 1.07. The Bertz CT molecular complexity index is 145. The first kappa shape index (κ1) is 8.52. The second-order valence-corrected chi connectivity index (χ2v) is 2.38. The molecule has 1 aliphatic heterocycles. The van der Waals surface area contributed by atoms with Crippen LogP contribution in [0.25, 0.3) is 0 Å². The summed E-state index contributed by atoms with van der Waals surface area (Å²) >= 11 is 0. The minimum Gasteiger partial charge on any atom is -0.493 e. The molecule has 0 saturated carbocycles. The molecule has 4 nitrogen and oxygen atoms in total. The Morgan fingerprint density at radius 3 is 2.82 bits per heavy atom. The third-order valence-electron chi connectivity index (χ3n) is 1.68. The van der Waals surface area contributed by atoms with E-state index in [-0.39, 0.29) is 6.61 Å². The van der Waals surface area contributed by atoms with E-state index in [0.29, 0.717) is 0 Å². The van der Waals surface area contributed by atoms with E-state index in [9.17, 15) is 5.11 Å². The van der Waals surface area contributed by atoms with E-state index in [4.69, 9.17) is 14.6 Å². The molecule has 0 aromatic carbocycles. The van der Waals surface area contributed by atoms with Gasteiger partial charge in [0.15, 0.2) is 0 Å². The zero-order valence-electron chi connectivity index (χ0n) is 6.30. The lowest BCUT2D eigenvalue weighted by Gasteiger charge is -2.29. The Hall–Kier alpha value is -0.580. The minimum atomic E-state index is -0.689. The fraction of sp³-hybridized carbons (Fsp3) is 0.714.